The Hall–Kier alpha value is -2.06. The normalized spacial score (nSPS) is 11.2. The molecule has 0 fully saturated rings. The van der Waals surface area contributed by atoms with Gasteiger partial charge >= 0.3 is 0 Å². The Morgan fingerprint density at radius 1 is 0.850 bits per heavy atom. The topological polar surface area (TPSA) is 12.9 Å². The summed E-state index contributed by atoms with van der Waals surface area (Å²) in [4.78, 5) is 4.31. The third kappa shape index (κ3) is 2.61. The number of fused-ring (bicyclic) bond motifs is 1. The zero-order valence-corrected chi connectivity index (χ0v) is 11.9. The van der Waals surface area contributed by atoms with Gasteiger partial charge in [-0.2, -0.15) is 12.6 Å². The Kier molecular flexibility index (Phi) is 3.84. The third-order valence-electron chi connectivity index (χ3n) is 3.34. The second-order valence-electron chi connectivity index (χ2n) is 4.61. The number of nitrogens with zero attached hydrogens (tertiary/aromatic N) is 1. The molecule has 0 radical (unpaired) electrons. The molecule has 0 N–H and O–H groups in total. The van der Waals surface area contributed by atoms with E-state index in [1.165, 1.54) is 21.9 Å². The lowest BCUT2D eigenvalue weighted by atomic mass is 10.00. The molecule has 1 aromatic heterocycles. The minimum Gasteiger partial charge on any atom is -0.257 e. The molecule has 0 bridgehead atoms. The number of hydrogen-bond donors (Lipinski definition) is 1. The SMILES string of the molecule is SCc1ccc(C=Cc2ccccn2)c2ccccc12. The van der Waals surface area contributed by atoms with Crippen LogP contribution in [0.5, 0.6) is 0 Å². The van der Waals surface area contributed by atoms with Crippen molar-refractivity contribution in [3.05, 3.63) is 77.6 Å². The van der Waals surface area contributed by atoms with E-state index < -0.39 is 0 Å². The van der Waals surface area contributed by atoms with Crippen LogP contribution >= 0.6 is 12.6 Å². The van der Waals surface area contributed by atoms with Crippen LogP contribution in [0.25, 0.3) is 22.9 Å². The molecule has 0 unspecified atom stereocenters. The number of pyridine rings is 1. The van der Waals surface area contributed by atoms with E-state index in [1.54, 1.807) is 0 Å². The Labute approximate surface area is 124 Å². The van der Waals surface area contributed by atoms with Crippen LogP contribution in [0.2, 0.25) is 0 Å². The molecule has 0 aliphatic heterocycles. The summed E-state index contributed by atoms with van der Waals surface area (Å²) in [6.45, 7) is 0. The first-order chi connectivity index (χ1) is 9.88. The standard InChI is InChI=1S/C18H15NS/c20-13-15-9-8-14(17-6-1-2-7-18(15)17)10-11-16-5-3-4-12-19-16/h1-12,20H,13H2. The molecule has 3 rings (SSSR count). The molecule has 3 aromatic rings. The quantitative estimate of drug-likeness (QED) is 0.676. The summed E-state index contributed by atoms with van der Waals surface area (Å²) in [5, 5.41) is 2.52. The van der Waals surface area contributed by atoms with Crippen molar-refractivity contribution < 1.29 is 0 Å². The number of aromatic nitrogens is 1. The number of thiol groups is 1. The average Bonchev–Trinajstić information content (AvgIpc) is 2.53. The molecule has 1 heterocycles. The van der Waals surface area contributed by atoms with Crippen molar-refractivity contribution in [2.45, 2.75) is 5.75 Å². The van der Waals surface area contributed by atoms with Gasteiger partial charge < -0.3 is 0 Å². The summed E-state index contributed by atoms with van der Waals surface area (Å²) >= 11 is 4.40. The summed E-state index contributed by atoms with van der Waals surface area (Å²) in [6, 6.07) is 18.7. The smallest absolute Gasteiger partial charge is 0.0629 e. The summed E-state index contributed by atoms with van der Waals surface area (Å²) in [5.74, 6) is 0.755. The average molecular weight is 277 g/mol. The van der Waals surface area contributed by atoms with Crippen LogP contribution in [0, 0.1) is 0 Å². The zero-order chi connectivity index (χ0) is 13.8. The maximum Gasteiger partial charge on any atom is 0.0629 e. The van der Waals surface area contributed by atoms with Gasteiger partial charge in [-0.15, -0.1) is 0 Å². The largest absolute Gasteiger partial charge is 0.257 e. The van der Waals surface area contributed by atoms with Crippen LogP contribution in [0.15, 0.2) is 60.8 Å². The Bertz CT molecular complexity index is 748. The molecule has 0 spiro atoms. The van der Waals surface area contributed by atoms with E-state index in [0.717, 1.165) is 11.4 Å². The first-order valence-corrected chi connectivity index (χ1v) is 7.22. The van der Waals surface area contributed by atoms with Gasteiger partial charge in [0.25, 0.3) is 0 Å². The molecular weight excluding hydrogens is 262 g/mol. The van der Waals surface area contributed by atoms with Crippen LogP contribution in [-0.4, -0.2) is 4.98 Å². The summed E-state index contributed by atoms with van der Waals surface area (Å²) in [6.07, 6.45) is 5.97. The second-order valence-corrected chi connectivity index (χ2v) is 4.92. The van der Waals surface area contributed by atoms with Crippen LogP contribution < -0.4 is 0 Å². The van der Waals surface area contributed by atoms with Gasteiger partial charge in [-0.25, -0.2) is 0 Å². The number of benzene rings is 2. The van der Waals surface area contributed by atoms with Crippen molar-refractivity contribution in [3.63, 3.8) is 0 Å². The predicted octanol–water partition coefficient (Wildman–Crippen LogP) is 4.84. The molecule has 2 heteroatoms. The summed E-state index contributed by atoms with van der Waals surface area (Å²) in [5.41, 5.74) is 3.44. The maximum absolute atomic E-state index is 4.40. The van der Waals surface area contributed by atoms with Crippen molar-refractivity contribution in [2.24, 2.45) is 0 Å². The van der Waals surface area contributed by atoms with Crippen LogP contribution in [0.3, 0.4) is 0 Å². The molecule has 1 nitrogen and oxygen atoms in total. The van der Waals surface area contributed by atoms with E-state index in [-0.39, 0.29) is 0 Å². The molecule has 0 saturated heterocycles. The van der Waals surface area contributed by atoms with Crippen molar-refractivity contribution in [3.8, 4) is 0 Å². The minimum absolute atomic E-state index is 0.755. The van der Waals surface area contributed by atoms with Crippen molar-refractivity contribution in [2.75, 3.05) is 0 Å². The highest BCUT2D eigenvalue weighted by molar-refractivity contribution is 7.79. The highest BCUT2D eigenvalue weighted by Gasteiger charge is 2.02. The lowest BCUT2D eigenvalue weighted by Gasteiger charge is -2.07. The Morgan fingerprint density at radius 2 is 1.65 bits per heavy atom. The van der Waals surface area contributed by atoms with Crippen LogP contribution in [0.1, 0.15) is 16.8 Å². The Balaban J connectivity index is 2.07. The van der Waals surface area contributed by atoms with Gasteiger partial charge in [-0.05, 0) is 40.1 Å². The lowest BCUT2D eigenvalue weighted by molar-refractivity contribution is 1.30. The molecule has 0 aliphatic carbocycles. The third-order valence-corrected chi connectivity index (χ3v) is 3.68. The fourth-order valence-corrected chi connectivity index (χ4v) is 2.59. The highest BCUT2D eigenvalue weighted by Crippen LogP contribution is 2.25. The molecular formula is C18H15NS. The maximum atomic E-state index is 4.40. The van der Waals surface area contributed by atoms with Crippen molar-refractivity contribution in [1.82, 2.24) is 4.98 Å². The van der Waals surface area contributed by atoms with Crippen molar-refractivity contribution >= 4 is 35.6 Å². The molecule has 20 heavy (non-hydrogen) atoms. The molecule has 0 atom stereocenters. The van der Waals surface area contributed by atoms with E-state index in [1.807, 2.05) is 30.5 Å². The van der Waals surface area contributed by atoms with Gasteiger partial charge in [-0.3, -0.25) is 4.98 Å². The molecule has 0 aliphatic rings. The monoisotopic (exact) mass is 277 g/mol. The van der Waals surface area contributed by atoms with Gasteiger partial charge in [0.2, 0.25) is 0 Å². The molecule has 0 saturated carbocycles. The summed E-state index contributed by atoms with van der Waals surface area (Å²) in [7, 11) is 0. The fraction of sp³-hybridized carbons (Fsp3) is 0.0556. The molecule has 2 aromatic carbocycles. The van der Waals surface area contributed by atoms with E-state index in [9.17, 15) is 0 Å². The van der Waals surface area contributed by atoms with Gasteiger partial charge in [0, 0.05) is 11.9 Å². The number of rotatable bonds is 3. The van der Waals surface area contributed by atoms with E-state index in [0.29, 0.717) is 0 Å². The fourth-order valence-electron chi connectivity index (χ4n) is 2.32. The second kappa shape index (κ2) is 5.93. The lowest BCUT2D eigenvalue weighted by Crippen LogP contribution is -1.85. The Morgan fingerprint density at radius 3 is 2.40 bits per heavy atom. The van der Waals surface area contributed by atoms with E-state index in [4.69, 9.17) is 0 Å². The van der Waals surface area contributed by atoms with Crippen LogP contribution in [0.4, 0.5) is 0 Å². The van der Waals surface area contributed by atoms with Crippen molar-refractivity contribution in [1.29, 1.82) is 0 Å². The van der Waals surface area contributed by atoms with Gasteiger partial charge in [-0.1, -0.05) is 48.5 Å². The molecule has 0 amide bonds. The predicted molar refractivity (Wildman–Crippen MR) is 89.8 cm³/mol. The zero-order valence-electron chi connectivity index (χ0n) is 11.0. The van der Waals surface area contributed by atoms with Gasteiger partial charge in [0.05, 0.1) is 5.69 Å². The first-order valence-electron chi connectivity index (χ1n) is 6.59. The van der Waals surface area contributed by atoms with E-state index >= 15 is 0 Å². The summed E-state index contributed by atoms with van der Waals surface area (Å²) < 4.78 is 0. The molecule has 98 valence electrons. The number of hydrogen-bond acceptors (Lipinski definition) is 2. The highest BCUT2D eigenvalue weighted by atomic mass is 32.1. The van der Waals surface area contributed by atoms with E-state index in [2.05, 4.69) is 60.1 Å². The van der Waals surface area contributed by atoms with Gasteiger partial charge in [0.15, 0.2) is 0 Å². The minimum atomic E-state index is 0.755. The van der Waals surface area contributed by atoms with Gasteiger partial charge in [0.1, 0.15) is 0 Å². The first kappa shape index (κ1) is 12.9. The van der Waals surface area contributed by atoms with Crippen LogP contribution in [-0.2, 0) is 5.75 Å².